The molecular weight excluding hydrogens is 368 g/mol. The smallest absolute Gasteiger partial charge is 0.338 e. The molecule has 0 aliphatic carbocycles. The third kappa shape index (κ3) is 4.63. The molecule has 0 atom stereocenters. The Balaban J connectivity index is 1.50. The number of carbonyl (C=O) groups excluding carboxylic acids is 2. The van der Waals surface area contributed by atoms with Crippen LogP contribution in [0.25, 0.3) is 0 Å². The van der Waals surface area contributed by atoms with E-state index in [9.17, 15) is 18.4 Å². The van der Waals surface area contributed by atoms with E-state index in [1.54, 1.807) is 6.07 Å². The first-order valence-corrected chi connectivity index (χ1v) is 8.31. The molecule has 0 saturated carbocycles. The molecule has 0 saturated heterocycles. The molecule has 9 heteroatoms. The first kappa shape index (κ1) is 18.0. The molecule has 0 aromatic heterocycles. The van der Waals surface area contributed by atoms with Gasteiger partial charge in [-0.1, -0.05) is 11.8 Å². The van der Waals surface area contributed by atoms with Gasteiger partial charge in [-0.25, -0.2) is 4.79 Å². The van der Waals surface area contributed by atoms with Gasteiger partial charge in [0.25, 0.3) is 11.7 Å². The van der Waals surface area contributed by atoms with E-state index in [1.807, 2.05) is 0 Å². The second-order valence-corrected chi connectivity index (χ2v) is 6.16. The number of alkyl halides is 2. The van der Waals surface area contributed by atoms with Gasteiger partial charge in [0.15, 0.2) is 18.1 Å². The van der Waals surface area contributed by atoms with Crippen LogP contribution in [0.5, 0.6) is 11.5 Å². The van der Waals surface area contributed by atoms with Crippen molar-refractivity contribution in [1.82, 2.24) is 0 Å². The molecule has 1 heterocycles. The van der Waals surface area contributed by atoms with Crippen LogP contribution in [0.1, 0.15) is 10.4 Å². The number of ether oxygens (including phenoxy) is 3. The summed E-state index contributed by atoms with van der Waals surface area (Å²) in [6, 6.07) is 10.5. The van der Waals surface area contributed by atoms with E-state index >= 15 is 0 Å². The molecule has 1 aliphatic heterocycles. The zero-order valence-electron chi connectivity index (χ0n) is 13.2. The van der Waals surface area contributed by atoms with Crippen molar-refractivity contribution in [2.45, 2.75) is 10.7 Å². The van der Waals surface area contributed by atoms with Crippen molar-refractivity contribution in [3.8, 4) is 11.5 Å². The summed E-state index contributed by atoms with van der Waals surface area (Å²) in [6.45, 7) is -0.397. The van der Waals surface area contributed by atoms with E-state index in [4.69, 9.17) is 14.2 Å². The van der Waals surface area contributed by atoms with E-state index in [2.05, 4.69) is 5.32 Å². The minimum atomic E-state index is -2.51. The summed E-state index contributed by atoms with van der Waals surface area (Å²) in [4.78, 5) is 24.2. The van der Waals surface area contributed by atoms with E-state index in [1.165, 1.54) is 36.4 Å². The Bertz CT molecular complexity index is 813. The van der Waals surface area contributed by atoms with Crippen LogP contribution >= 0.6 is 11.8 Å². The average Bonchev–Trinajstić information content (AvgIpc) is 3.08. The van der Waals surface area contributed by atoms with E-state index < -0.39 is 24.2 Å². The predicted molar refractivity (Wildman–Crippen MR) is 89.8 cm³/mol. The van der Waals surface area contributed by atoms with Crippen LogP contribution in [-0.2, 0) is 9.53 Å². The van der Waals surface area contributed by atoms with Gasteiger partial charge in [-0.15, -0.1) is 0 Å². The van der Waals surface area contributed by atoms with Crippen LogP contribution in [0.3, 0.4) is 0 Å². The molecule has 0 fully saturated rings. The third-order valence-corrected chi connectivity index (χ3v) is 4.03. The summed E-state index contributed by atoms with van der Waals surface area (Å²) in [5.74, 6) is -2.76. The number of hydrogen-bond acceptors (Lipinski definition) is 6. The van der Waals surface area contributed by atoms with Crippen LogP contribution in [0, 0.1) is 0 Å². The standard InChI is InChI=1S/C17H13F2NO5S/c18-17(19)26-12-4-2-11(3-5-12)20-15(21)8-23-16(22)10-1-6-13-14(7-10)25-9-24-13/h1-7,17H,8-9H2,(H,20,21). The molecular formula is C17H13F2NO5S. The highest BCUT2D eigenvalue weighted by Gasteiger charge is 2.17. The lowest BCUT2D eigenvalue weighted by atomic mass is 10.2. The topological polar surface area (TPSA) is 73.9 Å². The van der Waals surface area contributed by atoms with Crippen LogP contribution in [0.4, 0.5) is 14.5 Å². The largest absolute Gasteiger partial charge is 0.454 e. The highest BCUT2D eigenvalue weighted by atomic mass is 32.2. The Labute approximate surface area is 151 Å². The molecule has 0 unspecified atom stereocenters. The van der Waals surface area contributed by atoms with Crippen molar-refractivity contribution >= 4 is 29.3 Å². The normalized spacial score (nSPS) is 12.1. The van der Waals surface area contributed by atoms with Gasteiger partial charge in [-0.2, -0.15) is 8.78 Å². The summed E-state index contributed by atoms with van der Waals surface area (Å²) in [5.41, 5.74) is 0.642. The van der Waals surface area contributed by atoms with Gasteiger partial charge < -0.3 is 19.5 Å². The number of fused-ring (bicyclic) bond motifs is 1. The molecule has 136 valence electrons. The summed E-state index contributed by atoms with van der Waals surface area (Å²) in [6.07, 6.45) is 0. The van der Waals surface area contributed by atoms with Gasteiger partial charge in [0.2, 0.25) is 6.79 Å². The highest BCUT2D eigenvalue weighted by molar-refractivity contribution is 7.99. The Morgan fingerprint density at radius 3 is 2.58 bits per heavy atom. The molecule has 3 rings (SSSR count). The number of nitrogens with one attached hydrogen (secondary N) is 1. The lowest BCUT2D eigenvalue weighted by molar-refractivity contribution is -0.119. The van der Waals surface area contributed by atoms with Crippen molar-refractivity contribution in [3.05, 3.63) is 48.0 Å². The number of esters is 1. The summed E-state index contributed by atoms with van der Waals surface area (Å²) >= 11 is 0.412. The van der Waals surface area contributed by atoms with Crippen LogP contribution in [0.15, 0.2) is 47.4 Å². The van der Waals surface area contributed by atoms with E-state index in [0.717, 1.165) is 0 Å². The van der Waals surface area contributed by atoms with Gasteiger partial charge in [-0.05, 0) is 42.5 Å². The van der Waals surface area contributed by atoms with Crippen LogP contribution in [-0.4, -0.2) is 31.0 Å². The second kappa shape index (κ2) is 8.05. The zero-order chi connectivity index (χ0) is 18.5. The Hall–Kier alpha value is -2.81. The van der Waals surface area contributed by atoms with Crippen LogP contribution < -0.4 is 14.8 Å². The van der Waals surface area contributed by atoms with E-state index in [0.29, 0.717) is 33.8 Å². The van der Waals surface area contributed by atoms with Gasteiger partial charge in [0.05, 0.1) is 5.56 Å². The highest BCUT2D eigenvalue weighted by Crippen LogP contribution is 2.32. The van der Waals surface area contributed by atoms with Gasteiger partial charge in [0.1, 0.15) is 0 Å². The SMILES string of the molecule is O=C(COC(=O)c1ccc2c(c1)OCO2)Nc1ccc(SC(F)F)cc1. The van der Waals surface area contributed by atoms with E-state index in [-0.39, 0.29) is 12.4 Å². The molecule has 1 aliphatic rings. The number of halogens is 2. The molecule has 0 spiro atoms. The minimum Gasteiger partial charge on any atom is -0.454 e. The quantitative estimate of drug-likeness (QED) is 0.610. The minimum absolute atomic E-state index is 0.0881. The average molecular weight is 381 g/mol. The van der Waals surface area contributed by atoms with Crippen LogP contribution in [0.2, 0.25) is 0 Å². The third-order valence-electron chi connectivity index (χ3n) is 3.31. The lowest BCUT2D eigenvalue weighted by Crippen LogP contribution is -2.20. The van der Waals surface area contributed by atoms with Crippen molar-refractivity contribution < 1.29 is 32.6 Å². The van der Waals surface area contributed by atoms with Gasteiger partial charge >= 0.3 is 5.97 Å². The number of carbonyl (C=O) groups is 2. The Morgan fingerprint density at radius 2 is 1.85 bits per heavy atom. The number of hydrogen-bond donors (Lipinski definition) is 1. The van der Waals surface area contributed by atoms with Crippen molar-refractivity contribution in [1.29, 1.82) is 0 Å². The molecule has 1 amide bonds. The number of rotatable bonds is 6. The van der Waals surface area contributed by atoms with Crippen molar-refractivity contribution in [3.63, 3.8) is 0 Å². The first-order valence-electron chi connectivity index (χ1n) is 7.43. The summed E-state index contributed by atoms with van der Waals surface area (Å²) < 4.78 is 39.8. The predicted octanol–water partition coefficient (Wildman–Crippen LogP) is 3.53. The Kier molecular flexibility index (Phi) is 5.57. The molecule has 1 N–H and O–H groups in total. The fourth-order valence-corrected chi connectivity index (χ4v) is 2.65. The first-order chi connectivity index (χ1) is 12.5. The second-order valence-electron chi connectivity index (χ2n) is 5.10. The lowest BCUT2D eigenvalue weighted by Gasteiger charge is -2.08. The number of benzene rings is 2. The monoisotopic (exact) mass is 381 g/mol. The summed E-state index contributed by atoms with van der Waals surface area (Å²) in [7, 11) is 0. The zero-order valence-corrected chi connectivity index (χ0v) is 14.1. The molecule has 26 heavy (non-hydrogen) atoms. The fourth-order valence-electron chi connectivity index (χ4n) is 2.15. The maximum Gasteiger partial charge on any atom is 0.338 e. The van der Waals surface area contributed by atoms with Gasteiger partial charge in [0, 0.05) is 10.6 Å². The molecule has 0 radical (unpaired) electrons. The van der Waals surface area contributed by atoms with Crippen molar-refractivity contribution in [2.75, 3.05) is 18.7 Å². The molecule has 6 nitrogen and oxygen atoms in total. The summed E-state index contributed by atoms with van der Waals surface area (Å²) in [5, 5.41) is 2.51. The maximum absolute atomic E-state index is 12.3. The maximum atomic E-state index is 12.3. The number of amides is 1. The molecule has 2 aromatic carbocycles. The van der Waals surface area contributed by atoms with Gasteiger partial charge in [-0.3, -0.25) is 4.79 Å². The fraction of sp³-hybridized carbons (Fsp3) is 0.176. The number of thioether (sulfide) groups is 1. The molecule has 2 aromatic rings. The van der Waals surface area contributed by atoms with Crippen molar-refractivity contribution in [2.24, 2.45) is 0 Å². The Morgan fingerprint density at radius 1 is 1.12 bits per heavy atom. The number of anilines is 1. The molecule has 0 bridgehead atoms.